The van der Waals surface area contributed by atoms with Crippen LogP contribution in [0.4, 0.5) is 8.78 Å². The monoisotopic (exact) mass is 199 g/mol. The second-order valence-electron chi connectivity index (χ2n) is 3.28. The minimum atomic E-state index is -0.904. The summed E-state index contributed by atoms with van der Waals surface area (Å²) in [4.78, 5) is 0. The number of rotatable bonds is 2. The lowest BCUT2D eigenvalue weighted by atomic mass is 9.97. The molecule has 1 heterocycles. The molecule has 1 N–H and O–H groups in total. The van der Waals surface area contributed by atoms with Gasteiger partial charge in [-0.25, -0.2) is 4.39 Å². The van der Waals surface area contributed by atoms with Crippen LogP contribution in [0.3, 0.4) is 0 Å². The van der Waals surface area contributed by atoms with Crippen molar-refractivity contribution in [1.29, 1.82) is 0 Å². The fourth-order valence-corrected chi connectivity index (χ4v) is 1.58. The molecule has 1 saturated heterocycles. The number of methoxy groups -OCH3 is 1. The van der Waals surface area contributed by atoms with Gasteiger partial charge in [0.15, 0.2) is 11.6 Å². The van der Waals surface area contributed by atoms with Crippen LogP contribution in [0.5, 0.6) is 5.75 Å². The molecule has 0 unspecified atom stereocenters. The SMILES string of the molecule is COc1c([C@@H]2CCN2)ccc(F)c1F. The van der Waals surface area contributed by atoms with Gasteiger partial charge in [-0.2, -0.15) is 4.39 Å². The van der Waals surface area contributed by atoms with E-state index in [2.05, 4.69) is 5.32 Å². The summed E-state index contributed by atoms with van der Waals surface area (Å²) < 4.78 is 31.0. The van der Waals surface area contributed by atoms with E-state index >= 15 is 0 Å². The fraction of sp³-hybridized carbons (Fsp3) is 0.400. The van der Waals surface area contributed by atoms with Crippen molar-refractivity contribution in [1.82, 2.24) is 5.32 Å². The predicted octanol–water partition coefficient (Wildman–Crippen LogP) is 2.01. The van der Waals surface area contributed by atoms with Crippen molar-refractivity contribution in [3.8, 4) is 5.75 Å². The van der Waals surface area contributed by atoms with E-state index in [1.807, 2.05) is 0 Å². The Bertz CT molecular complexity index is 350. The minimum absolute atomic E-state index is 0.0159. The molecule has 1 atom stereocenters. The third-order valence-electron chi connectivity index (χ3n) is 2.48. The fourth-order valence-electron chi connectivity index (χ4n) is 1.58. The van der Waals surface area contributed by atoms with Crippen LogP contribution in [-0.2, 0) is 0 Å². The largest absolute Gasteiger partial charge is 0.493 e. The average Bonchev–Trinajstić information content (AvgIpc) is 2.09. The molecule has 0 aliphatic carbocycles. The molecule has 1 aromatic carbocycles. The van der Waals surface area contributed by atoms with E-state index in [-0.39, 0.29) is 11.8 Å². The molecular formula is C10H11F2NO. The zero-order chi connectivity index (χ0) is 10.1. The maximum Gasteiger partial charge on any atom is 0.200 e. The minimum Gasteiger partial charge on any atom is -0.493 e. The first-order valence-corrected chi connectivity index (χ1v) is 4.49. The third-order valence-corrected chi connectivity index (χ3v) is 2.48. The quantitative estimate of drug-likeness (QED) is 0.786. The Morgan fingerprint density at radius 3 is 2.64 bits per heavy atom. The lowest BCUT2D eigenvalue weighted by Crippen LogP contribution is -2.35. The van der Waals surface area contributed by atoms with Crippen molar-refractivity contribution in [3.63, 3.8) is 0 Å². The number of benzene rings is 1. The highest BCUT2D eigenvalue weighted by molar-refractivity contribution is 5.38. The predicted molar refractivity (Wildman–Crippen MR) is 48.3 cm³/mol. The first-order valence-electron chi connectivity index (χ1n) is 4.49. The molecule has 4 heteroatoms. The molecule has 0 amide bonds. The zero-order valence-corrected chi connectivity index (χ0v) is 7.81. The van der Waals surface area contributed by atoms with E-state index in [0.717, 1.165) is 19.0 Å². The van der Waals surface area contributed by atoms with Crippen LogP contribution >= 0.6 is 0 Å². The maximum absolute atomic E-state index is 13.3. The molecule has 14 heavy (non-hydrogen) atoms. The molecule has 0 radical (unpaired) electrons. The number of ether oxygens (including phenoxy) is 1. The summed E-state index contributed by atoms with van der Waals surface area (Å²) in [6, 6.07) is 2.79. The number of hydrogen-bond acceptors (Lipinski definition) is 2. The number of halogens is 2. The van der Waals surface area contributed by atoms with E-state index in [9.17, 15) is 8.78 Å². The van der Waals surface area contributed by atoms with Gasteiger partial charge in [-0.3, -0.25) is 0 Å². The van der Waals surface area contributed by atoms with Gasteiger partial charge in [-0.15, -0.1) is 0 Å². The summed E-state index contributed by atoms with van der Waals surface area (Å²) in [5, 5.41) is 3.11. The Kier molecular flexibility index (Phi) is 2.37. The molecular weight excluding hydrogens is 188 g/mol. The van der Waals surface area contributed by atoms with Gasteiger partial charge >= 0.3 is 0 Å². The van der Waals surface area contributed by atoms with Crippen molar-refractivity contribution < 1.29 is 13.5 Å². The van der Waals surface area contributed by atoms with Crippen LogP contribution in [0.2, 0.25) is 0 Å². The van der Waals surface area contributed by atoms with Crippen molar-refractivity contribution in [3.05, 3.63) is 29.3 Å². The Morgan fingerprint density at radius 2 is 2.14 bits per heavy atom. The van der Waals surface area contributed by atoms with E-state index in [1.54, 1.807) is 6.07 Å². The second-order valence-corrected chi connectivity index (χ2v) is 3.28. The van der Waals surface area contributed by atoms with Gasteiger partial charge in [0.05, 0.1) is 7.11 Å². The Morgan fingerprint density at radius 1 is 1.43 bits per heavy atom. The highest BCUT2D eigenvalue weighted by atomic mass is 19.2. The summed E-state index contributed by atoms with van der Waals surface area (Å²) in [7, 11) is 1.35. The van der Waals surface area contributed by atoms with Crippen molar-refractivity contribution in [2.75, 3.05) is 13.7 Å². The highest BCUT2D eigenvalue weighted by Gasteiger charge is 2.25. The Hall–Kier alpha value is -1.16. The van der Waals surface area contributed by atoms with E-state index in [1.165, 1.54) is 7.11 Å². The Balaban J connectivity index is 2.43. The van der Waals surface area contributed by atoms with Gasteiger partial charge in [0, 0.05) is 11.6 Å². The summed E-state index contributed by atoms with van der Waals surface area (Å²) in [6.45, 7) is 0.910. The summed E-state index contributed by atoms with van der Waals surface area (Å²) in [5.41, 5.74) is 0.692. The molecule has 1 aliphatic rings. The summed E-state index contributed by atoms with van der Waals surface area (Å²) in [5.74, 6) is -1.76. The molecule has 0 saturated carbocycles. The smallest absolute Gasteiger partial charge is 0.200 e. The maximum atomic E-state index is 13.3. The van der Waals surface area contributed by atoms with Crippen LogP contribution in [0, 0.1) is 11.6 Å². The molecule has 0 aromatic heterocycles. The first kappa shape index (κ1) is 9.40. The lowest BCUT2D eigenvalue weighted by Gasteiger charge is -2.29. The van der Waals surface area contributed by atoms with Crippen molar-refractivity contribution >= 4 is 0 Å². The van der Waals surface area contributed by atoms with E-state index in [0.29, 0.717) is 5.56 Å². The molecule has 2 nitrogen and oxygen atoms in total. The zero-order valence-electron chi connectivity index (χ0n) is 7.81. The van der Waals surface area contributed by atoms with Crippen LogP contribution < -0.4 is 10.1 Å². The van der Waals surface area contributed by atoms with Gasteiger partial charge in [0.1, 0.15) is 0 Å². The van der Waals surface area contributed by atoms with Crippen LogP contribution in [0.1, 0.15) is 18.0 Å². The lowest BCUT2D eigenvalue weighted by molar-refractivity contribution is 0.332. The average molecular weight is 199 g/mol. The van der Waals surface area contributed by atoms with Crippen LogP contribution in [0.15, 0.2) is 12.1 Å². The molecule has 1 fully saturated rings. The summed E-state index contributed by atoms with van der Waals surface area (Å²) in [6.07, 6.45) is 0.932. The van der Waals surface area contributed by atoms with Gasteiger partial charge in [0.25, 0.3) is 0 Å². The second kappa shape index (κ2) is 3.53. The van der Waals surface area contributed by atoms with Crippen LogP contribution in [-0.4, -0.2) is 13.7 Å². The van der Waals surface area contributed by atoms with Crippen molar-refractivity contribution in [2.24, 2.45) is 0 Å². The van der Waals surface area contributed by atoms with E-state index < -0.39 is 11.6 Å². The van der Waals surface area contributed by atoms with Gasteiger partial charge in [-0.05, 0) is 19.0 Å². The molecule has 2 rings (SSSR count). The van der Waals surface area contributed by atoms with Crippen molar-refractivity contribution in [2.45, 2.75) is 12.5 Å². The normalized spacial score (nSPS) is 20.4. The molecule has 76 valence electrons. The molecule has 0 bridgehead atoms. The number of nitrogens with one attached hydrogen (secondary N) is 1. The topological polar surface area (TPSA) is 21.3 Å². The first-order chi connectivity index (χ1) is 6.74. The van der Waals surface area contributed by atoms with Gasteiger partial charge in [0.2, 0.25) is 5.82 Å². The molecule has 0 spiro atoms. The summed E-state index contributed by atoms with van der Waals surface area (Å²) >= 11 is 0. The highest BCUT2D eigenvalue weighted by Crippen LogP contribution is 2.33. The third kappa shape index (κ3) is 1.35. The van der Waals surface area contributed by atoms with Gasteiger partial charge < -0.3 is 10.1 Å². The van der Waals surface area contributed by atoms with E-state index in [4.69, 9.17) is 4.74 Å². The van der Waals surface area contributed by atoms with Crippen LogP contribution in [0.25, 0.3) is 0 Å². The Labute approximate surface area is 80.9 Å². The molecule has 1 aliphatic heterocycles. The number of hydrogen-bond donors (Lipinski definition) is 1. The molecule has 1 aromatic rings. The standard InChI is InChI=1S/C10H11F2NO/c1-14-10-6(8-4-5-13-8)2-3-7(11)9(10)12/h2-3,8,13H,4-5H2,1H3/t8-/m0/s1. The van der Waals surface area contributed by atoms with Gasteiger partial charge in [-0.1, -0.05) is 6.07 Å².